The van der Waals surface area contributed by atoms with Gasteiger partial charge in [0.25, 0.3) is 5.91 Å². The van der Waals surface area contributed by atoms with Crippen LogP contribution in [0.15, 0.2) is 54.6 Å². The van der Waals surface area contributed by atoms with Gasteiger partial charge in [-0.05, 0) is 74.7 Å². The highest BCUT2D eigenvalue weighted by Crippen LogP contribution is 2.22. The van der Waals surface area contributed by atoms with Crippen LogP contribution in [0.5, 0.6) is 0 Å². The Balaban J connectivity index is 1.35. The van der Waals surface area contributed by atoms with Crippen LogP contribution in [0.1, 0.15) is 53.7 Å². The number of benzene rings is 2. The molecule has 0 N–H and O–H groups in total. The molecule has 186 valence electrons. The first-order chi connectivity index (χ1) is 16.9. The molecule has 4 rings (SSSR count). The van der Waals surface area contributed by atoms with Crippen molar-refractivity contribution in [2.75, 3.05) is 33.3 Å². The summed E-state index contributed by atoms with van der Waals surface area (Å²) in [5.41, 5.74) is 4.20. The smallest absolute Gasteiger partial charge is 0.330 e. The Morgan fingerprint density at radius 1 is 0.943 bits per heavy atom. The zero-order chi connectivity index (χ0) is 24.8. The summed E-state index contributed by atoms with van der Waals surface area (Å²) in [7, 11) is 1.37. The number of ether oxygens (including phenoxy) is 1. The molecule has 2 aromatic rings. The zero-order valence-corrected chi connectivity index (χ0v) is 21.2. The molecule has 2 aromatic carbocycles. The molecular formula is C29H37N3O3. The highest BCUT2D eigenvalue weighted by Gasteiger charge is 2.32. The van der Waals surface area contributed by atoms with Crippen LogP contribution in [0.3, 0.4) is 0 Å². The van der Waals surface area contributed by atoms with Crippen molar-refractivity contribution in [1.29, 1.82) is 0 Å². The highest BCUT2D eigenvalue weighted by atomic mass is 16.5. The van der Waals surface area contributed by atoms with Gasteiger partial charge in [0.2, 0.25) is 0 Å². The third-order valence-electron chi connectivity index (χ3n) is 7.13. The van der Waals surface area contributed by atoms with E-state index in [2.05, 4.69) is 52.6 Å². The summed E-state index contributed by atoms with van der Waals surface area (Å²) < 4.78 is 4.64. The standard InChI is InChI=1S/C29H37N3O3/c1-22-18-31(29(34)27-8-6-7-26(17-27)20-30-15-4-5-16-30)19-23(2)32(22)21-25-11-9-24(10-12-25)13-14-28(33)35-3/h6-14,17,22-23H,4-5,15-16,18-21H2,1-3H3/t22-,23+. The van der Waals surface area contributed by atoms with E-state index in [1.807, 2.05) is 29.2 Å². The highest BCUT2D eigenvalue weighted by molar-refractivity contribution is 5.94. The Bertz CT molecular complexity index is 1030. The molecule has 1 amide bonds. The fraction of sp³-hybridized carbons (Fsp3) is 0.448. The van der Waals surface area contributed by atoms with Gasteiger partial charge >= 0.3 is 5.97 Å². The lowest BCUT2D eigenvalue weighted by Gasteiger charge is -2.44. The van der Waals surface area contributed by atoms with Crippen LogP contribution < -0.4 is 0 Å². The van der Waals surface area contributed by atoms with Crippen LogP contribution in [0, 0.1) is 0 Å². The van der Waals surface area contributed by atoms with Crippen LogP contribution in [-0.4, -0.2) is 71.9 Å². The third-order valence-corrected chi connectivity index (χ3v) is 7.13. The van der Waals surface area contributed by atoms with Crippen molar-refractivity contribution in [2.45, 2.75) is 51.9 Å². The van der Waals surface area contributed by atoms with Gasteiger partial charge in [-0.15, -0.1) is 0 Å². The molecule has 6 heteroatoms. The Morgan fingerprint density at radius 3 is 2.29 bits per heavy atom. The molecule has 0 radical (unpaired) electrons. The normalized spacial score (nSPS) is 21.5. The van der Waals surface area contributed by atoms with Crippen molar-refractivity contribution in [3.05, 3.63) is 76.9 Å². The maximum Gasteiger partial charge on any atom is 0.330 e. The average Bonchev–Trinajstić information content (AvgIpc) is 3.38. The molecule has 2 heterocycles. The van der Waals surface area contributed by atoms with Crippen LogP contribution in [0.4, 0.5) is 0 Å². The molecule has 0 unspecified atom stereocenters. The molecule has 0 aromatic heterocycles. The topological polar surface area (TPSA) is 53.1 Å². The lowest BCUT2D eigenvalue weighted by Crippen LogP contribution is -2.57. The summed E-state index contributed by atoms with van der Waals surface area (Å²) >= 11 is 0. The van der Waals surface area contributed by atoms with Crippen molar-refractivity contribution in [3.63, 3.8) is 0 Å². The van der Waals surface area contributed by atoms with Gasteiger partial charge in [0.05, 0.1) is 7.11 Å². The molecule has 2 saturated heterocycles. The molecule has 0 spiro atoms. The van der Waals surface area contributed by atoms with E-state index >= 15 is 0 Å². The van der Waals surface area contributed by atoms with Crippen LogP contribution in [-0.2, 0) is 22.6 Å². The van der Waals surface area contributed by atoms with Gasteiger partial charge in [-0.25, -0.2) is 4.79 Å². The van der Waals surface area contributed by atoms with Gasteiger partial charge in [0.15, 0.2) is 0 Å². The largest absolute Gasteiger partial charge is 0.466 e. The first kappa shape index (κ1) is 25.1. The van der Waals surface area contributed by atoms with E-state index in [-0.39, 0.29) is 24.0 Å². The van der Waals surface area contributed by atoms with E-state index in [0.717, 1.165) is 50.4 Å². The van der Waals surface area contributed by atoms with Gasteiger partial charge in [-0.1, -0.05) is 36.4 Å². The molecule has 35 heavy (non-hydrogen) atoms. The number of carbonyl (C=O) groups is 2. The van der Waals surface area contributed by atoms with E-state index in [1.165, 1.54) is 37.2 Å². The summed E-state index contributed by atoms with van der Waals surface area (Å²) in [6, 6.07) is 16.9. The van der Waals surface area contributed by atoms with Crippen molar-refractivity contribution in [2.24, 2.45) is 0 Å². The summed E-state index contributed by atoms with van der Waals surface area (Å²) in [6.45, 7) is 9.92. The van der Waals surface area contributed by atoms with E-state index in [9.17, 15) is 9.59 Å². The van der Waals surface area contributed by atoms with Gasteiger partial charge in [0, 0.05) is 49.9 Å². The Kier molecular flexibility index (Phi) is 8.37. The molecule has 6 nitrogen and oxygen atoms in total. The van der Waals surface area contributed by atoms with Gasteiger partial charge in [0.1, 0.15) is 0 Å². The monoisotopic (exact) mass is 475 g/mol. The lowest BCUT2D eigenvalue weighted by atomic mass is 10.0. The lowest BCUT2D eigenvalue weighted by molar-refractivity contribution is -0.134. The quantitative estimate of drug-likeness (QED) is 0.444. The second-order valence-electron chi connectivity index (χ2n) is 9.86. The maximum atomic E-state index is 13.4. The molecule has 2 atom stereocenters. The van der Waals surface area contributed by atoms with E-state index in [1.54, 1.807) is 6.08 Å². The van der Waals surface area contributed by atoms with E-state index in [4.69, 9.17) is 0 Å². The van der Waals surface area contributed by atoms with Crippen molar-refractivity contribution in [3.8, 4) is 0 Å². The number of likely N-dealkylation sites (tertiary alicyclic amines) is 1. The van der Waals surface area contributed by atoms with Gasteiger partial charge in [-0.3, -0.25) is 14.6 Å². The SMILES string of the molecule is COC(=O)C=Cc1ccc(CN2[C@H](C)CN(C(=O)c3cccc(CN4CCCC4)c3)C[C@@H]2C)cc1. The zero-order valence-electron chi connectivity index (χ0n) is 21.2. The number of amides is 1. The molecule has 2 fully saturated rings. The fourth-order valence-corrected chi connectivity index (χ4v) is 5.20. The Labute approximate surface area is 209 Å². The number of methoxy groups -OCH3 is 1. The predicted molar refractivity (Wildman–Crippen MR) is 139 cm³/mol. The first-order valence-electron chi connectivity index (χ1n) is 12.6. The molecule has 2 aliphatic heterocycles. The van der Waals surface area contributed by atoms with Crippen molar-refractivity contribution in [1.82, 2.24) is 14.7 Å². The molecule has 0 bridgehead atoms. The maximum absolute atomic E-state index is 13.4. The van der Waals surface area contributed by atoms with E-state index in [0.29, 0.717) is 0 Å². The van der Waals surface area contributed by atoms with Crippen molar-refractivity contribution < 1.29 is 14.3 Å². The second-order valence-corrected chi connectivity index (χ2v) is 9.86. The first-order valence-corrected chi connectivity index (χ1v) is 12.6. The Morgan fingerprint density at radius 2 is 1.63 bits per heavy atom. The Hall–Kier alpha value is -2.96. The summed E-state index contributed by atoms with van der Waals surface area (Å²) in [5, 5.41) is 0. The number of piperazine rings is 1. The number of hydrogen-bond acceptors (Lipinski definition) is 5. The minimum absolute atomic E-state index is 0.133. The van der Waals surface area contributed by atoms with Crippen LogP contribution in [0.25, 0.3) is 6.08 Å². The fourth-order valence-electron chi connectivity index (χ4n) is 5.20. The summed E-state index contributed by atoms with van der Waals surface area (Å²) in [6.07, 6.45) is 5.73. The minimum Gasteiger partial charge on any atom is -0.466 e. The summed E-state index contributed by atoms with van der Waals surface area (Å²) in [4.78, 5) is 31.6. The number of esters is 1. The summed E-state index contributed by atoms with van der Waals surface area (Å²) in [5.74, 6) is -0.226. The van der Waals surface area contributed by atoms with Gasteiger partial charge in [-0.2, -0.15) is 0 Å². The number of nitrogens with zero attached hydrogens (tertiary/aromatic N) is 3. The molecular weight excluding hydrogens is 438 g/mol. The molecule has 0 aliphatic carbocycles. The number of carbonyl (C=O) groups excluding carboxylic acids is 2. The molecule has 2 aliphatic rings. The minimum atomic E-state index is -0.359. The number of hydrogen-bond donors (Lipinski definition) is 0. The van der Waals surface area contributed by atoms with Crippen molar-refractivity contribution >= 4 is 18.0 Å². The predicted octanol–water partition coefficient (Wildman–Crippen LogP) is 4.20. The van der Waals surface area contributed by atoms with Crippen LogP contribution >= 0.6 is 0 Å². The number of rotatable bonds is 7. The third kappa shape index (κ3) is 6.59. The molecule has 0 saturated carbocycles. The van der Waals surface area contributed by atoms with Gasteiger partial charge < -0.3 is 9.64 Å². The second kappa shape index (κ2) is 11.6. The van der Waals surface area contributed by atoms with E-state index < -0.39 is 0 Å². The average molecular weight is 476 g/mol. The van der Waals surface area contributed by atoms with Crippen LogP contribution in [0.2, 0.25) is 0 Å².